The number of para-hydroxylation sites is 1. The predicted octanol–water partition coefficient (Wildman–Crippen LogP) is 4.23. The zero-order valence-electron chi connectivity index (χ0n) is 14.6. The lowest BCUT2D eigenvalue weighted by Crippen LogP contribution is -2.36. The topological polar surface area (TPSA) is 58.1 Å². The molecule has 0 unspecified atom stereocenters. The average Bonchev–Trinajstić information content (AvgIpc) is 2.74. The molecule has 142 valence electrons. The molecular formula is C20H15F3N4O. The van der Waals surface area contributed by atoms with Crippen molar-refractivity contribution in [3.63, 3.8) is 0 Å². The van der Waals surface area contributed by atoms with Gasteiger partial charge in [0.15, 0.2) is 29.0 Å². The number of aryl methyl sites for hydroxylation is 1. The molecule has 3 aromatic rings. The molecule has 1 N–H and O–H groups in total. The van der Waals surface area contributed by atoms with Gasteiger partial charge in [-0.15, -0.1) is 10.2 Å². The van der Waals surface area contributed by atoms with Crippen molar-refractivity contribution in [3.05, 3.63) is 77.2 Å². The highest BCUT2D eigenvalue weighted by Crippen LogP contribution is 2.28. The number of carbonyl (C=O) groups is 1. The molecule has 1 amide bonds. The smallest absolute Gasteiger partial charge is 0.278 e. The Balaban J connectivity index is 1.54. The molecule has 0 spiro atoms. The highest BCUT2D eigenvalue weighted by Gasteiger charge is 2.24. The van der Waals surface area contributed by atoms with Crippen LogP contribution < -0.4 is 10.2 Å². The minimum absolute atomic E-state index is 0.0977. The van der Waals surface area contributed by atoms with Crippen LogP contribution in [0.3, 0.4) is 0 Å². The molecule has 1 aliphatic rings. The second-order valence-corrected chi connectivity index (χ2v) is 6.34. The lowest BCUT2D eigenvalue weighted by molar-refractivity contribution is 0.0979. The van der Waals surface area contributed by atoms with Crippen LogP contribution in [0, 0.1) is 17.5 Å². The summed E-state index contributed by atoms with van der Waals surface area (Å²) in [5.41, 5.74) is 1.80. The number of carbonyl (C=O) groups excluding carboxylic acids is 1. The molecule has 8 heteroatoms. The fraction of sp³-hybridized carbons (Fsp3) is 0.150. The molecule has 0 saturated heterocycles. The molecule has 5 nitrogen and oxygen atoms in total. The third-order valence-electron chi connectivity index (χ3n) is 4.54. The maximum Gasteiger partial charge on any atom is 0.278 e. The highest BCUT2D eigenvalue weighted by molar-refractivity contribution is 6.05. The minimum atomic E-state index is -1.58. The number of hydrogen-bond acceptors (Lipinski definition) is 4. The first-order valence-corrected chi connectivity index (χ1v) is 8.68. The summed E-state index contributed by atoms with van der Waals surface area (Å²) in [4.78, 5) is 14.5. The summed E-state index contributed by atoms with van der Waals surface area (Å²) in [7, 11) is 0. The van der Waals surface area contributed by atoms with Crippen molar-refractivity contribution >= 4 is 23.1 Å². The van der Waals surface area contributed by atoms with E-state index in [0.717, 1.165) is 36.2 Å². The van der Waals surface area contributed by atoms with E-state index in [1.54, 1.807) is 4.90 Å². The van der Waals surface area contributed by atoms with Crippen LogP contribution in [0.25, 0.3) is 0 Å². The zero-order valence-corrected chi connectivity index (χ0v) is 14.6. The molecular weight excluding hydrogens is 369 g/mol. The maximum atomic E-state index is 13.8. The summed E-state index contributed by atoms with van der Waals surface area (Å²) >= 11 is 0. The van der Waals surface area contributed by atoms with Crippen LogP contribution in [0.5, 0.6) is 0 Å². The van der Waals surface area contributed by atoms with Gasteiger partial charge in [0.2, 0.25) is 0 Å². The van der Waals surface area contributed by atoms with Gasteiger partial charge in [-0.05, 0) is 48.7 Å². The van der Waals surface area contributed by atoms with Crippen molar-refractivity contribution in [2.24, 2.45) is 0 Å². The Labute approximate surface area is 158 Å². The third-order valence-corrected chi connectivity index (χ3v) is 4.54. The Hall–Kier alpha value is -3.42. The average molecular weight is 384 g/mol. The summed E-state index contributed by atoms with van der Waals surface area (Å²) < 4.78 is 40.1. The number of anilines is 3. The number of benzene rings is 2. The van der Waals surface area contributed by atoms with Crippen molar-refractivity contribution in [2.75, 3.05) is 16.8 Å². The van der Waals surface area contributed by atoms with E-state index in [2.05, 4.69) is 15.5 Å². The van der Waals surface area contributed by atoms with Crippen molar-refractivity contribution in [1.29, 1.82) is 0 Å². The predicted molar refractivity (Wildman–Crippen MR) is 98.1 cm³/mol. The van der Waals surface area contributed by atoms with E-state index in [0.29, 0.717) is 6.54 Å². The van der Waals surface area contributed by atoms with Crippen molar-refractivity contribution in [3.8, 4) is 0 Å². The van der Waals surface area contributed by atoms with Gasteiger partial charge in [-0.1, -0.05) is 18.2 Å². The number of hydrogen-bond donors (Lipinski definition) is 1. The number of rotatable bonds is 3. The van der Waals surface area contributed by atoms with Crippen LogP contribution in [-0.4, -0.2) is 22.6 Å². The maximum absolute atomic E-state index is 13.8. The largest absolute Gasteiger partial charge is 0.336 e. The molecule has 2 aromatic carbocycles. The molecule has 0 aliphatic carbocycles. The summed E-state index contributed by atoms with van der Waals surface area (Å²) in [6.45, 7) is 0.581. The molecule has 0 saturated carbocycles. The van der Waals surface area contributed by atoms with Gasteiger partial charge in [-0.3, -0.25) is 4.79 Å². The van der Waals surface area contributed by atoms with Crippen LogP contribution in [-0.2, 0) is 6.42 Å². The molecule has 0 radical (unpaired) electrons. The van der Waals surface area contributed by atoms with Gasteiger partial charge in [0.05, 0.1) is 5.69 Å². The van der Waals surface area contributed by atoms with E-state index < -0.39 is 17.5 Å². The van der Waals surface area contributed by atoms with E-state index in [-0.39, 0.29) is 23.1 Å². The lowest BCUT2D eigenvalue weighted by atomic mass is 10.0. The van der Waals surface area contributed by atoms with Gasteiger partial charge in [-0.2, -0.15) is 0 Å². The normalized spacial score (nSPS) is 13.2. The first-order valence-electron chi connectivity index (χ1n) is 8.68. The first-order chi connectivity index (χ1) is 13.5. The van der Waals surface area contributed by atoms with E-state index >= 15 is 0 Å². The SMILES string of the molecule is O=C(c1ccc(Nc2ccc(F)c(F)c2F)nn1)N1CCCc2ccccc21. The highest BCUT2D eigenvalue weighted by atomic mass is 19.2. The van der Waals surface area contributed by atoms with Crippen molar-refractivity contribution < 1.29 is 18.0 Å². The second-order valence-electron chi connectivity index (χ2n) is 6.34. The lowest BCUT2D eigenvalue weighted by Gasteiger charge is -2.29. The molecule has 1 aliphatic heterocycles. The van der Waals surface area contributed by atoms with Crippen LogP contribution in [0.15, 0.2) is 48.5 Å². The molecule has 0 atom stereocenters. The zero-order chi connectivity index (χ0) is 19.7. The van der Waals surface area contributed by atoms with Crippen LogP contribution in [0.4, 0.5) is 30.4 Å². The molecule has 28 heavy (non-hydrogen) atoms. The Morgan fingerprint density at radius 1 is 0.964 bits per heavy atom. The van der Waals surface area contributed by atoms with E-state index in [4.69, 9.17) is 0 Å². The third kappa shape index (κ3) is 3.28. The van der Waals surface area contributed by atoms with E-state index in [1.165, 1.54) is 12.1 Å². The summed E-state index contributed by atoms with van der Waals surface area (Å²) in [6, 6.07) is 12.4. The van der Waals surface area contributed by atoms with Crippen LogP contribution in [0.2, 0.25) is 0 Å². The van der Waals surface area contributed by atoms with E-state index in [9.17, 15) is 18.0 Å². The number of fused-ring (bicyclic) bond motifs is 1. The Morgan fingerprint density at radius 3 is 2.57 bits per heavy atom. The summed E-state index contributed by atoms with van der Waals surface area (Å²) in [5.74, 6) is -4.40. The Morgan fingerprint density at radius 2 is 1.79 bits per heavy atom. The molecule has 1 aromatic heterocycles. The number of halogens is 3. The number of amides is 1. The van der Waals surface area contributed by atoms with Crippen molar-refractivity contribution in [2.45, 2.75) is 12.8 Å². The molecule has 4 rings (SSSR count). The van der Waals surface area contributed by atoms with Gasteiger partial charge in [0.1, 0.15) is 0 Å². The van der Waals surface area contributed by atoms with Crippen LogP contribution in [0.1, 0.15) is 22.5 Å². The second kappa shape index (κ2) is 7.30. The fourth-order valence-corrected chi connectivity index (χ4v) is 3.16. The quantitative estimate of drug-likeness (QED) is 0.687. The molecule has 2 heterocycles. The van der Waals surface area contributed by atoms with Gasteiger partial charge in [0.25, 0.3) is 5.91 Å². The summed E-state index contributed by atoms with van der Waals surface area (Å²) in [5, 5.41) is 10.3. The number of nitrogens with one attached hydrogen (secondary N) is 1. The van der Waals surface area contributed by atoms with E-state index in [1.807, 2.05) is 24.3 Å². The first kappa shape index (κ1) is 18.0. The van der Waals surface area contributed by atoms with Crippen molar-refractivity contribution in [1.82, 2.24) is 10.2 Å². The monoisotopic (exact) mass is 384 g/mol. The van der Waals surface area contributed by atoms with Gasteiger partial charge >= 0.3 is 0 Å². The number of aromatic nitrogens is 2. The summed E-state index contributed by atoms with van der Waals surface area (Å²) in [6.07, 6.45) is 1.76. The Kier molecular flexibility index (Phi) is 4.68. The fourth-order valence-electron chi connectivity index (χ4n) is 3.16. The number of nitrogens with zero attached hydrogens (tertiary/aromatic N) is 3. The van der Waals surface area contributed by atoms with Gasteiger partial charge in [-0.25, -0.2) is 13.2 Å². The van der Waals surface area contributed by atoms with Gasteiger partial charge in [0, 0.05) is 12.2 Å². The molecule has 0 bridgehead atoms. The van der Waals surface area contributed by atoms with Gasteiger partial charge < -0.3 is 10.2 Å². The Bertz CT molecular complexity index is 1040. The molecule has 0 fully saturated rings. The minimum Gasteiger partial charge on any atom is -0.336 e. The van der Waals surface area contributed by atoms with Crippen LogP contribution >= 0.6 is 0 Å². The standard InChI is InChI=1S/C20H15F3N4O/c21-13-7-8-14(19(23)18(13)22)24-17-10-9-15(25-26-17)20(28)27-11-3-5-12-4-1-2-6-16(12)27/h1-2,4,6-10H,3,5,11H2,(H,24,26).